The van der Waals surface area contributed by atoms with Crippen LogP contribution in [0, 0.1) is 6.92 Å². The van der Waals surface area contributed by atoms with Crippen LogP contribution in [0.3, 0.4) is 0 Å². The molecule has 3 aromatic carbocycles. The van der Waals surface area contributed by atoms with E-state index in [1.165, 1.54) is 11.1 Å². The summed E-state index contributed by atoms with van der Waals surface area (Å²) in [6.07, 6.45) is 0.198. The van der Waals surface area contributed by atoms with Crippen LogP contribution in [0.4, 0.5) is 0 Å². The van der Waals surface area contributed by atoms with E-state index in [9.17, 15) is 9.59 Å². The normalized spacial score (nSPS) is 12.2. The van der Waals surface area contributed by atoms with Crippen molar-refractivity contribution in [2.45, 2.75) is 25.9 Å². The van der Waals surface area contributed by atoms with Gasteiger partial charge in [-0.15, -0.1) is 0 Å². The number of carboxylic acid groups (broad SMARTS) is 1. The molecule has 7 nitrogen and oxygen atoms in total. The van der Waals surface area contributed by atoms with E-state index in [1.807, 2.05) is 12.1 Å². The van der Waals surface area contributed by atoms with Gasteiger partial charge in [-0.25, -0.2) is 0 Å². The molecule has 0 aromatic heterocycles. The summed E-state index contributed by atoms with van der Waals surface area (Å²) >= 11 is 0. The monoisotopic (exact) mass is 444 g/mol. The molecule has 0 saturated heterocycles. The highest BCUT2D eigenvalue weighted by Crippen LogP contribution is 2.20. The first kappa shape index (κ1) is 23.7. The highest BCUT2D eigenvalue weighted by Gasteiger charge is 2.13. The number of aryl methyl sites for hydroxylation is 1. The van der Waals surface area contributed by atoms with Gasteiger partial charge in [0.15, 0.2) is 5.96 Å². The van der Waals surface area contributed by atoms with Gasteiger partial charge >= 0.3 is 5.97 Å². The van der Waals surface area contributed by atoms with Crippen molar-refractivity contribution in [1.29, 1.82) is 0 Å². The fraction of sp³-hybridized carbons (Fsp3) is 0.192. The average Bonchev–Trinajstić information content (AvgIpc) is 2.83. The lowest BCUT2D eigenvalue weighted by Crippen LogP contribution is -2.40. The number of carboxylic acids is 1. The van der Waals surface area contributed by atoms with Gasteiger partial charge in [-0.2, -0.15) is 0 Å². The minimum absolute atomic E-state index is 0.198. The number of hydrogen-bond acceptors (Lipinski definition) is 4. The van der Waals surface area contributed by atoms with Crippen LogP contribution in [0.15, 0.2) is 77.8 Å². The molecule has 0 aliphatic rings. The first-order valence-corrected chi connectivity index (χ1v) is 10.6. The average molecular weight is 445 g/mol. The summed E-state index contributed by atoms with van der Waals surface area (Å²) in [6.45, 7) is 2.57. The van der Waals surface area contributed by atoms with Crippen molar-refractivity contribution in [2.24, 2.45) is 10.7 Å². The summed E-state index contributed by atoms with van der Waals surface area (Å²) in [4.78, 5) is 27.5. The number of amides is 1. The number of aliphatic imine (C=N–C) groups is 1. The number of rotatable bonds is 7. The molecule has 5 N–H and O–H groups in total. The van der Waals surface area contributed by atoms with Crippen LogP contribution in [0.1, 0.15) is 27.0 Å². The summed E-state index contributed by atoms with van der Waals surface area (Å²) in [7, 11) is 1.60. The number of nitrogens with zero attached hydrogens (tertiary/aromatic N) is 1. The maximum atomic E-state index is 12.5. The zero-order valence-corrected chi connectivity index (χ0v) is 18.7. The Hall–Kier alpha value is -3.97. The Balaban J connectivity index is 1.54. The first-order chi connectivity index (χ1) is 15.9. The van der Waals surface area contributed by atoms with Gasteiger partial charge in [-0.05, 0) is 47.7 Å². The second-order valence-electron chi connectivity index (χ2n) is 7.79. The van der Waals surface area contributed by atoms with E-state index in [2.05, 4.69) is 58.9 Å². The molecule has 170 valence electrons. The van der Waals surface area contributed by atoms with Gasteiger partial charge in [0.1, 0.15) is 6.04 Å². The fourth-order valence-electron chi connectivity index (χ4n) is 3.24. The van der Waals surface area contributed by atoms with Crippen LogP contribution in [0.25, 0.3) is 11.1 Å². The molecule has 0 aliphatic heterocycles. The molecule has 7 heteroatoms. The summed E-state index contributed by atoms with van der Waals surface area (Å²) in [5, 5.41) is 14.8. The molecule has 3 aromatic rings. The number of carbonyl (C=O) groups is 2. The number of benzene rings is 3. The molecule has 0 heterocycles. The molecule has 0 fully saturated rings. The third kappa shape index (κ3) is 6.75. The lowest BCUT2D eigenvalue weighted by atomic mass is 10.0. The molecule has 0 aliphatic carbocycles. The number of aliphatic carboxylic acids is 1. The Kier molecular flexibility index (Phi) is 7.94. The van der Waals surface area contributed by atoms with Crippen LogP contribution in [0.2, 0.25) is 0 Å². The van der Waals surface area contributed by atoms with Crippen LogP contribution < -0.4 is 16.4 Å². The van der Waals surface area contributed by atoms with Crippen LogP contribution in [-0.4, -0.2) is 36.0 Å². The van der Waals surface area contributed by atoms with Crippen molar-refractivity contribution in [1.82, 2.24) is 10.6 Å². The van der Waals surface area contributed by atoms with E-state index in [-0.39, 0.29) is 12.3 Å². The summed E-state index contributed by atoms with van der Waals surface area (Å²) in [5.41, 5.74) is 11.3. The molecule has 0 radical (unpaired) electrons. The van der Waals surface area contributed by atoms with Crippen LogP contribution in [-0.2, 0) is 17.8 Å². The summed E-state index contributed by atoms with van der Waals surface area (Å²) in [6, 6.07) is 22.3. The van der Waals surface area contributed by atoms with Crippen molar-refractivity contribution in [3.8, 4) is 11.1 Å². The third-order valence-corrected chi connectivity index (χ3v) is 5.24. The van der Waals surface area contributed by atoms with E-state index < -0.39 is 12.0 Å². The smallest absolute Gasteiger partial charge is 0.320 e. The number of nitrogens with one attached hydrogen (secondary N) is 2. The topological polar surface area (TPSA) is 117 Å². The molecule has 33 heavy (non-hydrogen) atoms. The Morgan fingerprint density at radius 1 is 0.909 bits per heavy atom. The number of carbonyl (C=O) groups excluding carboxylic acids is 1. The maximum absolute atomic E-state index is 12.5. The zero-order valence-electron chi connectivity index (χ0n) is 18.7. The minimum Gasteiger partial charge on any atom is -0.480 e. The van der Waals surface area contributed by atoms with E-state index in [4.69, 9.17) is 10.8 Å². The van der Waals surface area contributed by atoms with Crippen molar-refractivity contribution in [3.63, 3.8) is 0 Å². The molecular weight excluding hydrogens is 416 g/mol. The zero-order chi connectivity index (χ0) is 23.8. The summed E-state index contributed by atoms with van der Waals surface area (Å²) in [5.74, 6) is -1.01. The van der Waals surface area contributed by atoms with Crippen molar-refractivity contribution in [3.05, 3.63) is 95.1 Å². The van der Waals surface area contributed by atoms with Crippen LogP contribution in [0.5, 0.6) is 0 Å². The molecule has 0 spiro atoms. The van der Waals surface area contributed by atoms with Gasteiger partial charge in [-0.3, -0.25) is 19.9 Å². The summed E-state index contributed by atoms with van der Waals surface area (Å²) < 4.78 is 0. The molecule has 1 atom stereocenters. The van der Waals surface area contributed by atoms with Crippen molar-refractivity contribution >= 4 is 17.8 Å². The standard InChI is InChI=1S/C26H28N4O3/c1-17-3-9-20(10-4-17)21-11-7-19(8-12-21)16-29-26(28-2)30-24(31)22-13-5-18(6-14-22)15-23(27)25(32)33/h3-14,23H,15-16,27H2,1-2H3,(H,32,33)(H2,28,29,30,31). The van der Waals surface area contributed by atoms with Crippen molar-refractivity contribution < 1.29 is 14.7 Å². The number of nitrogens with two attached hydrogens (primary N) is 1. The largest absolute Gasteiger partial charge is 0.480 e. The third-order valence-electron chi connectivity index (χ3n) is 5.24. The SMILES string of the molecule is CN=C(NCc1ccc(-c2ccc(C)cc2)cc1)NC(=O)c1ccc(CC(N)C(=O)O)cc1. The highest BCUT2D eigenvalue weighted by atomic mass is 16.4. The Morgan fingerprint density at radius 2 is 1.45 bits per heavy atom. The highest BCUT2D eigenvalue weighted by molar-refractivity contribution is 6.05. The van der Waals surface area contributed by atoms with Gasteiger partial charge in [0.05, 0.1) is 0 Å². The van der Waals surface area contributed by atoms with E-state index in [1.54, 1.807) is 31.3 Å². The molecular formula is C26H28N4O3. The first-order valence-electron chi connectivity index (χ1n) is 10.6. The minimum atomic E-state index is -1.06. The lowest BCUT2D eigenvalue weighted by molar-refractivity contribution is -0.138. The van der Waals surface area contributed by atoms with E-state index in [0.29, 0.717) is 18.1 Å². The molecule has 3 rings (SSSR count). The quantitative estimate of drug-likeness (QED) is 0.330. The predicted octanol–water partition coefficient (Wildman–Crippen LogP) is 3.12. The number of hydrogen-bond donors (Lipinski definition) is 4. The van der Waals surface area contributed by atoms with Gasteiger partial charge in [0.2, 0.25) is 0 Å². The maximum Gasteiger partial charge on any atom is 0.320 e. The molecule has 0 saturated carbocycles. The fourth-order valence-corrected chi connectivity index (χ4v) is 3.24. The Bertz CT molecular complexity index is 1120. The predicted molar refractivity (Wildman–Crippen MR) is 130 cm³/mol. The second-order valence-corrected chi connectivity index (χ2v) is 7.79. The lowest BCUT2D eigenvalue weighted by Gasteiger charge is -2.12. The van der Waals surface area contributed by atoms with Crippen LogP contribution >= 0.6 is 0 Å². The molecule has 1 unspecified atom stereocenters. The Labute approximate surface area is 193 Å². The van der Waals surface area contributed by atoms with E-state index >= 15 is 0 Å². The van der Waals surface area contributed by atoms with Gasteiger partial charge in [0.25, 0.3) is 5.91 Å². The number of guanidine groups is 1. The second kappa shape index (κ2) is 11.1. The molecule has 0 bridgehead atoms. The Morgan fingerprint density at radius 3 is 2.00 bits per heavy atom. The van der Waals surface area contributed by atoms with Crippen molar-refractivity contribution in [2.75, 3.05) is 7.05 Å². The van der Waals surface area contributed by atoms with Gasteiger partial charge < -0.3 is 16.2 Å². The van der Waals surface area contributed by atoms with E-state index in [0.717, 1.165) is 16.7 Å². The molecule has 1 amide bonds. The van der Waals surface area contributed by atoms with Gasteiger partial charge in [0, 0.05) is 19.2 Å². The van der Waals surface area contributed by atoms with Gasteiger partial charge in [-0.1, -0.05) is 66.2 Å².